The zero-order chi connectivity index (χ0) is 22.1. The number of carbonyl (C=O) groups is 1. The lowest BCUT2D eigenvalue weighted by atomic mass is 10.2. The van der Waals surface area contributed by atoms with E-state index in [9.17, 15) is 4.79 Å². The van der Waals surface area contributed by atoms with E-state index in [1.54, 1.807) is 17.7 Å². The van der Waals surface area contributed by atoms with E-state index in [2.05, 4.69) is 48.2 Å². The van der Waals surface area contributed by atoms with E-state index in [1.165, 1.54) is 4.88 Å². The quantitative estimate of drug-likeness (QED) is 0.469. The molecule has 0 bridgehead atoms. The van der Waals surface area contributed by atoms with Gasteiger partial charge < -0.3 is 19.4 Å². The Bertz CT molecular complexity index is 1290. The molecule has 32 heavy (non-hydrogen) atoms. The Kier molecular flexibility index (Phi) is 4.33. The summed E-state index contributed by atoms with van der Waals surface area (Å²) in [7, 11) is 2.02. The van der Waals surface area contributed by atoms with Crippen LogP contribution in [0.5, 0.6) is 0 Å². The normalized spacial score (nSPS) is 16.2. The first-order valence-corrected chi connectivity index (χ1v) is 12.2. The molecule has 9 heteroatoms. The van der Waals surface area contributed by atoms with Crippen molar-refractivity contribution in [2.24, 2.45) is 7.05 Å². The maximum absolute atomic E-state index is 13.7. The largest absolute Gasteiger partial charge is 0.331 e. The van der Waals surface area contributed by atoms with E-state index in [0.717, 1.165) is 70.4 Å². The number of aryl methyl sites for hydroxylation is 4. The van der Waals surface area contributed by atoms with Gasteiger partial charge in [0.15, 0.2) is 5.13 Å². The highest BCUT2D eigenvalue weighted by molar-refractivity contribution is 7.15. The van der Waals surface area contributed by atoms with Gasteiger partial charge in [-0.3, -0.25) is 4.79 Å². The third-order valence-corrected chi connectivity index (χ3v) is 7.69. The molecule has 2 aliphatic carbocycles. The monoisotopic (exact) mass is 449 g/mol. The third-order valence-electron chi connectivity index (χ3n) is 6.70. The number of aromatic nitrogens is 5. The van der Waals surface area contributed by atoms with Crippen molar-refractivity contribution in [1.82, 2.24) is 29.0 Å². The Hall–Kier alpha value is -2.94. The van der Waals surface area contributed by atoms with Gasteiger partial charge in [0.05, 0.1) is 5.69 Å². The maximum atomic E-state index is 13.7. The van der Waals surface area contributed by atoms with E-state index in [-0.39, 0.29) is 5.91 Å². The van der Waals surface area contributed by atoms with Crippen molar-refractivity contribution in [3.05, 3.63) is 28.7 Å². The summed E-state index contributed by atoms with van der Waals surface area (Å²) in [4.78, 5) is 30.8. The Morgan fingerprint density at radius 2 is 1.88 bits per heavy atom. The Labute approximate surface area is 190 Å². The number of anilines is 2. The lowest BCUT2D eigenvalue weighted by molar-refractivity contribution is 0.0719. The van der Waals surface area contributed by atoms with Crippen LogP contribution in [0.4, 0.5) is 10.9 Å². The molecule has 0 atom stereocenters. The number of fused-ring (bicyclic) bond motifs is 3. The second-order valence-electron chi connectivity index (χ2n) is 8.95. The fourth-order valence-electron chi connectivity index (χ4n) is 4.71. The predicted molar refractivity (Wildman–Crippen MR) is 126 cm³/mol. The van der Waals surface area contributed by atoms with E-state index >= 15 is 0 Å². The highest BCUT2D eigenvalue weighted by Crippen LogP contribution is 2.41. The second kappa shape index (κ2) is 7.03. The Morgan fingerprint density at radius 1 is 1.19 bits per heavy atom. The van der Waals surface area contributed by atoms with Crippen LogP contribution in [0.1, 0.15) is 53.7 Å². The number of hydrogen-bond acceptors (Lipinski definition) is 6. The molecule has 2 fully saturated rings. The average Bonchev–Trinajstić information content (AvgIpc) is 3.67. The molecule has 2 aliphatic heterocycles. The smallest absolute Gasteiger partial charge is 0.271 e. The van der Waals surface area contributed by atoms with Gasteiger partial charge in [0, 0.05) is 35.9 Å². The number of carbonyl (C=O) groups excluding carboxylic acids is 1. The van der Waals surface area contributed by atoms with Gasteiger partial charge in [-0.25, -0.2) is 15.0 Å². The maximum Gasteiger partial charge on any atom is 0.271 e. The lowest BCUT2D eigenvalue weighted by Crippen LogP contribution is -2.36. The Morgan fingerprint density at radius 3 is 2.47 bits per heavy atom. The highest BCUT2D eigenvalue weighted by Gasteiger charge is 2.43. The van der Waals surface area contributed by atoms with Crippen molar-refractivity contribution in [2.75, 3.05) is 5.32 Å². The van der Waals surface area contributed by atoms with Crippen LogP contribution in [0.25, 0.3) is 22.4 Å². The molecule has 0 spiro atoms. The molecule has 0 unspecified atom stereocenters. The number of imidazole rings is 1. The van der Waals surface area contributed by atoms with Gasteiger partial charge in [0.1, 0.15) is 34.9 Å². The molecule has 0 radical (unpaired) electrons. The van der Waals surface area contributed by atoms with Crippen LogP contribution < -0.4 is 5.32 Å². The van der Waals surface area contributed by atoms with Gasteiger partial charge in [-0.2, -0.15) is 0 Å². The fraction of sp³-hybridized carbons (Fsp3) is 0.478. The summed E-state index contributed by atoms with van der Waals surface area (Å²) < 4.78 is 4.23. The standard InChI is InChI=1S/C23H27N7OS/c1-5-29-17(22(31)30(14-6-7-14)15-8-9-15)10-16-18-19(25-11-24-18)20(28(4)21(16)29)27-23-26-12(2)13(3)32-23/h10-11,14-15H,5-9H2,1-4H3,(H,26,27). The van der Waals surface area contributed by atoms with Gasteiger partial charge in [0.25, 0.3) is 5.91 Å². The number of pyridine rings is 1. The van der Waals surface area contributed by atoms with E-state index in [0.29, 0.717) is 18.6 Å². The molecule has 1 N–H and O–H groups in total. The first kappa shape index (κ1) is 19.7. The van der Waals surface area contributed by atoms with Crippen molar-refractivity contribution in [3.63, 3.8) is 0 Å². The van der Waals surface area contributed by atoms with Gasteiger partial charge >= 0.3 is 0 Å². The zero-order valence-electron chi connectivity index (χ0n) is 18.8. The zero-order valence-corrected chi connectivity index (χ0v) is 19.7. The van der Waals surface area contributed by atoms with E-state index in [4.69, 9.17) is 0 Å². The minimum absolute atomic E-state index is 0.154. The van der Waals surface area contributed by atoms with Gasteiger partial charge in [0.2, 0.25) is 0 Å². The molecule has 0 aromatic carbocycles. The Balaban J connectivity index is 1.52. The number of nitrogens with zero attached hydrogens (tertiary/aromatic N) is 6. The molecule has 8 nitrogen and oxygen atoms in total. The minimum atomic E-state index is 0.154. The van der Waals surface area contributed by atoms with Crippen LogP contribution in [0.15, 0.2) is 12.4 Å². The molecular weight excluding hydrogens is 422 g/mol. The molecule has 2 aromatic rings. The topological polar surface area (TPSA) is 80.9 Å². The molecule has 1 amide bonds. The number of hydrogen-bond donors (Lipinski definition) is 1. The van der Waals surface area contributed by atoms with Crippen LogP contribution in [-0.4, -0.2) is 47.0 Å². The summed E-state index contributed by atoms with van der Waals surface area (Å²) in [5.41, 5.74) is 4.36. The van der Waals surface area contributed by atoms with Gasteiger partial charge in [-0.1, -0.05) is 0 Å². The van der Waals surface area contributed by atoms with Crippen LogP contribution in [0.3, 0.4) is 0 Å². The fourth-order valence-corrected chi connectivity index (χ4v) is 5.53. The summed E-state index contributed by atoms with van der Waals surface area (Å²) in [5, 5.41) is 5.28. The summed E-state index contributed by atoms with van der Waals surface area (Å²) in [6, 6.07) is 2.86. The van der Waals surface area contributed by atoms with Crippen LogP contribution in [0.2, 0.25) is 0 Å². The van der Waals surface area contributed by atoms with Crippen molar-refractivity contribution in [1.29, 1.82) is 0 Å². The predicted octanol–water partition coefficient (Wildman–Crippen LogP) is 4.48. The number of rotatable bonds is 6. The number of amides is 1. The average molecular weight is 450 g/mol. The molecule has 2 aromatic heterocycles. The van der Waals surface area contributed by atoms with Crippen molar-refractivity contribution in [2.45, 2.75) is 65.1 Å². The number of thiazole rings is 1. The summed E-state index contributed by atoms with van der Waals surface area (Å²) in [5.74, 6) is 0.994. The first-order valence-electron chi connectivity index (χ1n) is 11.3. The van der Waals surface area contributed by atoms with Crippen LogP contribution in [0, 0.1) is 13.8 Å². The van der Waals surface area contributed by atoms with E-state index in [1.807, 2.05) is 20.0 Å². The van der Waals surface area contributed by atoms with Crippen molar-refractivity contribution in [3.8, 4) is 11.4 Å². The van der Waals surface area contributed by atoms with Gasteiger partial charge in [-0.05, 0) is 52.5 Å². The molecule has 2 saturated carbocycles. The van der Waals surface area contributed by atoms with E-state index < -0.39 is 0 Å². The molecule has 4 heterocycles. The molecule has 4 aliphatic rings. The third kappa shape index (κ3) is 2.94. The molecule has 0 saturated heterocycles. The van der Waals surface area contributed by atoms with Crippen LogP contribution >= 0.6 is 11.3 Å². The minimum Gasteiger partial charge on any atom is -0.331 e. The van der Waals surface area contributed by atoms with Crippen molar-refractivity contribution >= 4 is 39.2 Å². The van der Waals surface area contributed by atoms with Gasteiger partial charge in [-0.15, -0.1) is 11.3 Å². The first-order chi connectivity index (χ1) is 15.5. The van der Waals surface area contributed by atoms with Crippen molar-refractivity contribution < 1.29 is 4.79 Å². The SMILES string of the molecule is CCn1c(C(=O)N(C2CC2)C2CC2)cc2c3ncnc-3c(Nc3nc(C)c(C)s3)n(C)c21. The molecule has 6 rings (SSSR count). The molecular formula is C23H27N7OS. The molecule has 166 valence electrons. The number of nitrogens with one attached hydrogen (secondary N) is 1. The lowest BCUT2D eigenvalue weighted by Gasteiger charge is -2.23. The second-order valence-corrected chi connectivity index (χ2v) is 10.2. The summed E-state index contributed by atoms with van der Waals surface area (Å²) in [6.07, 6.45) is 6.10. The summed E-state index contributed by atoms with van der Waals surface area (Å²) >= 11 is 1.63. The van der Waals surface area contributed by atoms with Crippen LogP contribution in [-0.2, 0) is 13.6 Å². The highest BCUT2D eigenvalue weighted by atomic mass is 32.1. The summed E-state index contributed by atoms with van der Waals surface area (Å²) in [6.45, 7) is 6.89.